The van der Waals surface area contributed by atoms with Gasteiger partial charge in [-0.15, -0.1) is 0 Å². The highest BCUT2D eigenvalue weighted by Crippen LogP contribution is 2.40. The Morgan fingerprint density at radius 3 is 2.18 bits per heavy atom. The van der Waals surface area contributed by atoms with Crippen LogP contribution in [0, 0.1) is 5.92 Å². The van der Waals surface area contributed by atoms with Crippen LogP contribution in [-0.4, -0.2) is 12.7 Å². The molecule has 0 aliphatic heterocycles. The molecule has 1 aromatic carbocycles. The summed E-state index contributed by atoms with van der Waals surface area (Å²) < 4.78 is 26.3. The molecule has 0 bridgehead atoms. The van der Waals surface area contributed by atoms with Crippen LogP contribution in [0.2, 0.25) is 0 Å². The van der Waals surface area contributed by atoms with E-state index < -0.39 is 12.3 Å². The van der Waals surface area contributed by atoms with Crippen molar-refractivity contribution in [2.45, 2.75) is 38.0 Å². The Morgan fingerprint density at radius 1 is 1.12 bits per heavy atom. The van der Waals surface area contributed by atoms with Gasteiger partial charge < -0.3 is 0 Å². The molecule has 0 spiro atoms. The smallest absolute Gasteiger partial charge is 0.245 e. The summed E-state index contributed by atoms with van der Waals surface area (Å²) in [5.74, 6) is -0.574. The van der Waals surface area contributed by atoms with Crippen LogP contribution in [0.4, 0.5) is 8.78 Å². The zero-order valence-electron chi connectivity index (χ0n) is 9.61. The monoisotopic (exact) mass is 238 g/mol. The van der Waals surface area contributed by atoms with Gasteiger partial charge in [0.25, 0.3) is 0 Å². The Balaban J connectivity index is 2.21. The molecule has 1 unspecified atom stereocenters. The van der Waals surface area contributed by atoms with E-state index in [1.54, 1.807) is 24.3 Å². The van der Waals surface area contributed by atoms with E-state index in [0.29, 0.717) is 11.1 Å². The van der Waals surface area contributed by atoms with Gasteiger partial charge in [-0.25, -0.2) is 8.78 Å². The SMILES string of the molecule is O=Cc1ccc(C(C(F)F)C2CCCC2)cc1. The summed E-state index contributed by atoms with van der Waals surface area (Å²) in [4.78, 5) is 10.5. The summed E-state index contributed by atoms with van der Waals surface area (Å²) in [6.07, 6.45) is 2.31. The summed E-state index contributed by atoms with van der Waals surface area (Å²) in [6, 6.07) is 6.57. The Labute approximate surface area is 99.8 Å². The van der Waals surface area contributed by atoms with Gasteiger partial charge >= 0.3 is 0 Å². The quantitative estimate of drug-likeness (QED) is 0.723. The van der Waals surface area contributed by atoms with E-state index in [9.17, 15) is 13.6 Å². The van der Waals surface area contributed by atoms with Crippen molar-refractivity contribution in [2.75, 3.05) is 0 Å². The summed E-state index contributed by atoms with van der Waals surface area (Å²) in [6.45, 7) is 0. The van der Waals surface area contributed by atoms with E-state index in [1.165, 1.54) is 0 Å². The minimum absolute atomic E-state index is 0.0945. The molecular weight excluding hydrogens is 222 g/mol. The van der Waals surface area contributed by atoms with Crippen molar-refractivity contribution in [1.29, 1.82) is 0 Å². The Morgan fingerprint density at radius 2 is 1.71 bits per heavy atom. The van der Waals surface area contributed by atoms with Crippen molar-refractivity contribution in [1.82, 2.24) is 0 Å². The average Bonchev–Trinajstić information content (AvgIpc) is 2.83. The fraction of sp³-hybridized carbons (Fsp3) is 0.500. The van der Waals surface area contributed by atoms with E-state index in [1.807, 2.05) is 0 Å². The fourth-order valence-corrected chi connectivity index (χ4v) is 2.74. The Kier molecular flexibility index (Phi) is 3.87. The number of hydrogen-bond acceptors (Lipinski definition) is 1. The standard InChI is InChI=1S/C14H16F2O/c15-14(16)13(11-3-1-2-4-11)12-7-5-10(9-17)6-8-12/h5-9,11,13-14H,1-4H2. The molecule has 2 rings (SSSR count). The summed E-state index contributed by atoms with van der Waals surface area (Å²) in [7, 11) is 0. The molecule has 0 aromatic heterocycles. The molecule has 1 aliphatic carbocycles. The van der Waals surface area contributed by atoms with Crippen molar-refractivity contribution in [3.05, 3.63) is 35.4 Å². The van der Waals surface area contributed by atoms with Gasteiger partial charge in [-0.05, 0) is 24.3 Å². The first-order valence-electron chi connectivity index (χ1n) is 6.05. The number of hydrogen-bond donors (Lipinski definition) is 0. The molecule has 1 aliphatic rings. The summed E-state index contributed by atoms with van der Waals surface area (Å²) in [5, 5.41) is 0. The second-order valence-electron chi connectivity index (χ2n) is 4.69. The van der Waals surface area contributed by atoms with Gasteiger partial charge in [0.2, 0.25) is 6.43 Å². The molecular formula is C14H16F2O. The zero-order chi connectivity index (χ0) is 12.3. The van der Waals surface area contributed by atoms with Crippen LogP contribution < -0.4 is 0 Å². The van der Waals surface area contributed by atoms with E-state index in [0.717, 1.165) is 32.0 Å². The van der Waals surface area contributed by atoms with Crippen LogP contribution in [0.1, 0.15) is 47.5 Å². The Bertz CT molecular complexity index is 366. The van der Waals surface area contributed by atoms with Gasteiger partial charge in [0.1, 0.15) is 6.29 Å². The van der Waals surface area contributed by atoms with Crippen molar-refractivity contribution >= 4 is 6.29 Å². The third-order valence-electron chi connectivity index (χ3n) is 3.64. The van der Waals surface area contributed by atoms with E-state index in [4.69, 9.17) is 0 Å². The van der Waals surface area contributed by atoms with E-state index in [2.05, 4.69) is 0 Å². The van der Waals surface area contributed by atoms with Crippen molar-refractivity contribution in [2.24, 2.45) is 5.92 Å². The molecule has 92 valence electrons. The van der Waals surface area contributed by atoms with Crippen LogP contribution >= 0.6 is 0 Å². The average molecular weight is 238 g/mol. The predicted octanol–water partition coefficient (Wildman–Crippen LogP) is 4.04. The highest BCUT2D eigenvalue weighted by atomic mass is 19.3. The molecule has 0 saturated heterocycles. The lowest BCUT2D eigenvalue weighted by atomic mass is 9.85. The van der Waals surface area contributed by atoms with Gasteiger partial charge in [-0.3, -0.25) is 4.79 Å². The molecule has 1 atom stereocenters. The van der Waals surface area contributed by atoms with E-state index in [-0.39, 0.29) is 5.92 Å². The van der Waals surface area contributed by atoms with Gasteiger partial charge in [0, 0.05) is 11.5 Å². The molecule has 1 aromatic rings. The molecule has 0 amide bonds. The van der Waals surface area contributed by atoms with Gasteiger partial charge in [-0.1, -0.05) is 37.1 Å². The molecule has 1 nitrogen and oxygen atoms in total. The van der Waals surface area contributed by atoms with Crippen LogP contribution in [0.25, 0.3) is 0 Å². The van der Waals surface area contributed by atoms with Crippen LogP contribution in [-0.2, 0) is 0 Å². The van der Waals surface area contributed by atoms with E-state index >= 15 is 0 Å². The fourth-order valence-electron chi connectivity index (χ4n) is 2.74. The molecule has 1 saturated carbocycles. The Hall–Kier alpha value is -1.25. The molecule has 17 heavy (non-hydrogen) atoms. The number of aldehydes is 1. The largest absolute Gasteiger partial charge is 0.298 e. The molecule has 3 heteroatoms. The maximum atomic E-state index is 13.1. The third-order valence-corrected chi connectivity index (χ3v) is 3.64. The number of halogens is 2. The maximum absolute atomic E-state index is 13.1. The van der Waals surface area contributed by atoms with Crippen LogP contribution in [0.15, 0.2) is 24.3 Å². The first kappa shape index (κ1) is 12.2. The second kappa shape index (κ2) is 5.39. The van der Waals surface area contributed by atoms with Gasteiger partial charge in [0.05, 0.1) is 0 Å². The second-order valence-corrected chi connectivity index (χ2v) is 4.69. The minimum atomic E-state index is -2.32. The van der Waals surface area contributed by atoms with Crippen molar-refractivity contribution in [3.8, 4) is 0 Å². The highest BCUT2D eigenvalue weighted by molar-refractivity contribution is 5.74. The van der Waals surface area contributed by atoms with Gasteiger partial charge in [0.15, 0.2) is 0 Å². The lowest BCUT2D eigenvalue weighted by Crippen LogP contribution is -2.18. The number of alkyl halides is 2. The predicted molar refractivity (Wildman–Crippen MR) is 62.5 cm³/mol. The van der Waals surface area contributed by atoms with Crippen molar-refractivity contribution < 1.29 is 13.6 Å². The number of carbonyl (C=O) groups is 1. The third kappa shape index (κ3) is 2.71. The molecule has 0 radical (unpaired) electrons. The highest BCUT2D eigenvalue weighted by Gasteiger charge is 2.32. The number of benzene rings is 1. The van der Waals surface area contributed by atoms with Crippen molar-refractivity contribution in [3.63, 3.8) is 0 Å². The van der Waals surface area contributed by atoms with Gasteiger partial charge in [-0.2, -0.15) is 0 Å². The van der Waals surface area contributed by atoms with Crippen LogP contribution in [0.5, 0.6) is 0 Å². The summed E-state index contributed by atoms with van der Waals surface area (Å²) >= 11 is 0. The summed E-state index contributed by atoms with van der Waals surface area (Å²) in [5.41, 5.74) is 1.20. The number of rotatable bonds is 4. The molecule has 0 N–H and O–H groups in total. The number of carbonyl (C=O) groups excluding carboxylic acids is 1. The maximum Gasteiger partial charge on any atom is 0.245 e. The first-order valence-corrected chi connectivity index (χ1v) is 6.05. The molecule has 0 heterocycles. The normalized spacial score (nSPS) is 18.5. The van der Waals surface area contributed by atoms with Crippen LogP contribution in [0.3, 0.4) is 0 Å². The molecule has 1 fully saturated rings. The minimum Gasteiger partial charge on any atom is -0.298 e. The topological polar surface area (TPSA) is 17.1 Å². The lowest BCUT2D eigenvalue weighted by Gasteiger charge is -2.23. The zero-order valence-corrected chi connectivity index (χ0v) is 9.61. The first-order chi connectivity index (χ1) is 8.22. The lowest BCUT2D eigenvalue weighted by molar-refractivity contribution is 0.0868.